The Morgan fingerprint density at radius 2 is 2.32 bits per heavy atom. The van der Waals surface area contributed by atoms with Gasteiger partial charge in [-0.15, -0.1) is 0 Å². The molecule has 1 heterocycles. The standard InChI is InChI=1S/C14H22N4O/c1-10-8-11(2)18(17-10)7-3-6-16-14(19)12-4-5-13(15)9-12/h4-5,8,12-13H,3,6-7,9,15H2,1-2H3,(H,16,19). The average Bonchev–Trinajstić information content (AvgIpc) is 2.91. The van der Waals surface area contributed by atoms with Crippen molar-refractivity contribution in [1.82, 2.24) is 15.1 Å². The molecule has 0 aromatic carbocycles. The van der Waals surface area contributed by atoms with E-state index in [-0.39, 0.29) is 17.9 Å². The molecule has 2 unspecified atom stereocenters. The fourth-order valence-corrected chi connectivity index (χ4v) is 2.39. The maximum Gasteiger partial charge on any atom is 0.226 e. The summed E-state index contributed by atoms with van der Waals surface area (Å²) in [6.07, 6.45) is 5.42. The smallest absolute Gasteiger partial charge is 0.226 e. The predicted octanol–water partition coefficient (Wildman–Crippen LogP) is 0.910. The Morgan fingerprint density at radius 1 is 1.53 bits per heavy atom. The lowest BCUT2D eigenvalue weighted by Gasteiger charge is -2.10. The third-order valence-corrected chi connectivity index (χ3v) is 3.40. The molecule has 0 radical (unpaired) electrons. The van der Waals surface area contributed by atoms with Gasteiger partial charge in [-0.25, -0.2) is 0 Å². The molecule has 0 fully saturated rings. The van der Waals surface area contributed by atoms with Gasteiger partial charge in [-0.05, 0) is 32.8 Å². The first-order chi connectivity index (χ1) is 9.06. The van der Waals surface area contributed by atoms with E-state index >= 15 is 0 Å². The number of hydrogen-bond acceptors (Lipinski definition) is 3. The fraction of sp³-hybridized carbons (Fsp3) is 0.571. The van der Waals surface area contributed by atoms with Gasteiger partial charge in [-0.2, -0.15) is 5.10 Å². The van der Waals surface area contributed by atoms with E-state index in [0.717, 1.165) is 30.8 Å². The lowest BCUT2D eigenvalue weighted by atomic mass is 10.1. The van der Waals surface area contributed by atoms with E-state index in [1.54, 1.807) is 0 Å². The van der Waals surface area contributed by atoms with Gasteiger partial charge in [0.15, 0.2) is 0 Å². The number of aryl methyl sites for hydroxylation is 3. The highest BCUT2D eigenvalue weighted by atomic mass is 16.1. The Labute approximate surface area is 113 Å². The number of carbonyl (C=O) groups excluding carboxylic acids is 1. The maximum atomic E-state index is 11.8. The van der Waals surface area contributed by atoms with E-state index in [9.17, 15) is 4.79 Å². The number of aromatic nitrogens is 2. The molecule has 1 aromatic heterocycles. The first-order valence-electron chi connectivity index (χ1n) is 6.79. The highest BCUT2D eigenvalue weighted by Crippen LogP contribution is 2.16. The first kappa shape index (κ1) is 13.8. The Hall–Kier alpha value is -1.62. The van der Waals surface area contributed by atoms with Gasteiger partial charge in [0.05, 0.1) is 11.6 Å². The normalized spacial score (nSPS) is 21.8. The molecule has 1 amide bonds. The van der Waals surface area contributed by atoms with Gasteiger partial charge in [-0.1, -0.05) is 12.2 Å². The first-order valence-corrected chi connectivity index (χ1v) is 6.79. The van der Waals surface area contributed by atoms with Crippen LogP contribution >= 0.6 is 0 Å². The van der Waals surface area contributed by atoms with E-state index in [1.165, 1.54) is 0 Å². The number of amides is 1. The number of nitrogens with two attached hydrogens (primary N) is 1. The Morgan fingerprint density at radius 3 is 2.89 bits per heavy atom. The van der Waals surface area contributed by atoms with Crippen LogP contribution < -0.4 is 11.1 Å². The van der Waals surface area contributed by atoms with Crippen molar-refractivity contribution < 1.29 is 4.79 Å². The fourth-order valence-electron chi connectivity index (χ4n) is 2.39. The van der Waals surface area contributed by atoms with Crippen LogP contribution in [-0.4, -0.2) is 28.3 Å². The van der Waals surface area contributed by atoms with Crippen molar-refractivity contribution in [3.05, 3.63) is 29.6 Å². The molecular weight excluding hydrogens is 240 g/mol. The highest BCUT2D eigenvalue weighted by molar-refractivity contribution is 5.81. The summed E-state index contributed by atoms with van der Waals surface area (Å²) in [6.45, 7) is 5.54. The zero-order chi connectivity index (χ0) is 13.8. The van der Waals surface area contributed by atoms with Crippen LogP contribution in [0.15, 0.2) is 18.2 Å². The summed E-state index contributed by atoms with van der Waals surface area (Å²) in [5, 5.41) is 7.35. The van der Waals surface area contributed by atoms with Gasteiger partial charge in [-0.3, -0.25) is 9.48 Å². The van der Waals surface area contributed by atoms with Crippen LogP contribution in [0.25, 0.3) is 0 Å². The van der Waals surface area contributed by atoms with Gasteiger partial charge >= 0.3 is 0 Å². The lowest BCUT2D eigenvalue weighted by molar-refractivity contribution is -0.123. The molecule has 104 valence electrons. The molecule has 2 atom stereocenters. The van der Waals surface area contributed by atoms with Crippen molar-refractivity contribution in [2.75, 3.05) is 6.54 Å². The molecule has 3 N–H and O–H groups in total. The van der Waals surface area contributed by atoms with Crippen molar-refractivity contribution in [3.8, 4) is 0 Å². The van der Waals surface area contributed by atoms with Gasteiger partial charge < -0.3 is 11.1 Å². The van der Waals surface area contributed by atoms with Crippen LogP contribution in [0, 0.1) is 19.8 Å². The van der Waals surface area contributed by atoms with Gasteiger partial charge in [0.25, 0.3) is 0 Å². The van der Waals surface area contributed by atoms with Crippen LogP contribution in [0.2, 0.25) is 0 Å². The second-order valence-corrected chi connectivity index (χ2v) is 5.19. The summed E-state index contributed by atoms with van der Waals surface area (Å²) in [5.41, 5.74) is 7.93. The van der Waals surface area contributed by atoms with Crippen LogP contribution in [0.3, 0.4) is 0 Å². The van der Waals surface area contributed by atoms with Crippen molar-refractivity contribution in [2.45, 2.75) is 39.3 Å². The van der Waals surface area contributed by atoms with Gasteiger partial charge in [0.2, 0.25) is 5.91 Å². The summed E-state index contributed by atoms with van der Waals surface area (Å²) in [5.74, 6) is 0.0289. The zero-order valence-corrected chi connectivity index (χ0v) is 11.6. The number of rotatable bonds is 5. The zero-order valence-electron chi connectivity index (χ0n) is 11.6. The molecular formula is C14H22N4O. The van der Waals surface area contributed by atoms with Crippen LogP contribution in [0.4, 0.5) is 0 Å². The summed E-state index contributed by atoms with van der Waals surface area (Å²) in [6, 6.07) is 2.09. The number of nitrogens with zero attached hydrogens (tertiary/aromatic N) is 2. The van der Waals surface area contributed by atoms with E-state index in [2.05, 4.69) is 16.5 Å². The van der Waals surface area contributed by atoms with Crippen molar-refractivity contribution in [1.29, 1.82) is 0 Å². The van der Waals surface area contributed by atoms with Crippen LogP contribution in [0.1, 0.15) is 24.2 Å². The molecule has 0 bridgehead atoms. The molecule has 5 nitrogen and oxygen atoms in total. The van der Waals surface area contributed by atoms with E-state index in [1.807, 2.05) is 30.7 Å². The quantitative estimate of drug-likeness (QED) is 0.612. The maximum absolute atomic E-state index is 11.8. The third-order valence-electron chi connectivity index (χ3n) is 3.40. The molecule has 19 heavy (non-hydrogen) atoms. The summed E-state index contributed by atoms with van der Waals surface area (Å²) in [7, 11) is 0. The summed E-state index contributed by atoms with van der Waals surface area (Å²) < 4.78 is 1.98. The second-order valence-electron chi connectivity index (χ2n) is 5.19. The van der Waals surface area contributed by atoms with Crippen molar-refractivity contribution in [2.24, 2.45) is 11.7 Å². The summed E-state index contributed by atoms with van der Waals surface area (Å²) >= 11 is 0. The second kappa shape index (κ2) is 6.02. The van der Waals surface area contributed by atoms with E-state index in [4.69, 9.17) is 5.73 Å². The minimum atomic E-state index is -0.0521. The lowest BCUT2D eigenvalue weighted by Crippen LogP contribution is -2.31. The molecule has 0 saturated heterocycles. The van der Waals surface area contributed by atoms with E-state index < -0.39 is 0 Å². The average molecular weight is 262 g/mol. The topological polar surface area (TPSA) is 72.9 Å². The largest absolute Gasteiger partial charge is 0.356 e. The minimum Gasteiger partial charge on any atom is -0.356 e. The Kier molecular flexibility index (Phi) is 4.37. The highest BCUT2D eigenvalue weighted by Gasteiger charge is 2.21. The molecule has 1 aliphatic carbocycles. The van der Waals surface area contributed by atoms with E-state index in [0.29, 0.717) is 6.54 Å². The monoisotopic (exact) mass is 262 g/mol. The molecule has 5 heteroatoms. The summed E-state index contributed by atoms with van der Waals surface area (Å²) in [4.78, 5) is 11.8. The SMILES string of the molecule is Cc1cc(C)n(CCCNC(=O)C2C=CC(N)C2)n1. The predicted molar refractivity (Wildman–Crippen MR) is 74.6 cm³/mol. The Bertz CT molecular complexity index is 478. The van der Waals surface area contributed by atoms with Crippen molar-refractivity contribution in [3.63, 3.8) is 0 Å². The molecule has 1 aliphatic rings. The number of carbonyl (C=O) groups is 1. The number of hydrogen-bond donors (Lipinski definition) is 2. The minimum absolute atomic E-state index is 0.0328. The molecule has 0 aliphatic heterocycles. The molecule has 1 aromatic rings. The molecule has 2 rings (SSSR count). The number of nitrogens with one attached hydrogen (secondary N) is 1. The van der Waals surface area contributed by atoms with Crippen LogP contribution in [0.5, 0.6) is 0 Å². The molecule has 0 saturated carbocycles. The molecule has 0 spiro atoms. The van der Waals surface area contributed by atoms with Crippen LogP contribution in [-0.2, 0) is 11.3 Å². The Balaban J connectivity index is 1.68. The third kappa shape index (κ3) is 3.67. The van der Waals surface area contributed by atoms with Gasteiger partial charge in [0.1, 0.15) is 0 Å². The van der Waals surface area contributed by atoms with Gasteiger partial charge in [0, 0.05) is 24.8 Å². The van der Waals surface area contributed by atoms with Crippen molar-refractivity contribution >= 4 is 5.91 Å².